The lowest BCUT2D eigenvalue weighted by molar-refractivity contribution is -0.175. The highest BCUT2D eigenvalue weighted by Crippen LogP contribution is 2.66. The van der Waals surface area contributed by atoms with Crippen LogP contribution < -0.4 is 0 Å². The van der Waals surface area contributed by atoms with Crippen molar-refractivity contribution in [2.45, 2.75) is 124 Å². The van der Waals surface area contributed by atoms with Gasteiger partial charge in [-0.3, -0.25) is 4.79 Å². The van der Waals surface area contributed by atoms with Gasteiger partial charge in [0.25, 0.3) is 0 Å². The molecule has 8 atom stereocenters. The molecule has 3 aliphatic carbocycles. The second-order valence-electron chi connectivity index (χ2n) is 12.4. The van der Waals surface area contributed by atoms with Crippen molar-refractivity contribution in [2.75, 3.05) is 7.11 Å². The van der Waals surface area contributed by atoms with Crippen molar-refractivity contribution in [1.29, 1.82) is 0 Å². The van der Waals surface area contributed by atoms with Gasteiger partial charge in [0.05, 0.1) is 24.9 Å². The fraction of sp³-hybridized carbons (Fsp3) is 0.963. The van der Waals surface area contributed by atoms with Gasteiger partial charge in [-0.05, 0) is 100 Å². The van der Waals surface area contributed by atoms with Crippen LogP contribution in [-0.4, -0.2) is 36.0 Å². The summed E-state index contributed by atoms with van der Waals surface area (Å²) in [7, 11) is 1.48. The van der Waals surface area contributed by atoms with Crippen molar-refractivity contribution in [1.82, 2.24) is 0 Å². The molecule has 0 unspecified atom stereocenters. The molecule has 0 aromatic heterocycles. The van der Waals surface area contributed by atoms with Crippen LogP contribution >= 0.6 is 0 Å². The summed E-state index contributed by atoms with van der Waals surface area (Å²) in [5.74, 6) is 1.88. The molecule has 31 heavy (non-hydrogen) atoms. The molecule has 0 heterocycles. The van der Waals surface area contributed by atoms with E-state index in [1.54, 1.807) is 0 Å². The summed E-state index contributed by atoms with van der Waals surface area (Å²) in [6.07, 6.45) is 10.4. The molecule has 3 rings (SSSR count). The van der Waals surface area contributed by atoms with E-state index in [9.17, 15) is 9.90 Å². The minimum absolute atomic E-state index is 0.00397. The summed E-state index contributed by atoms with van der Waals surface area (Å²) in [6.45, 7) is 13.6. The molecule has 3 fully saturated rings. The minimum atomic E-state index is -0.264. The first kappa shape index (κ1) is 25.0. The van der Waals surface area contributed by atoms with E-state index in [0.29, 0.717) is 30.3 Å². The normalized spacial score (nSPS) is 42.7. The zero-order valence-electron chi connectivity index (χ0n) is 21.2. The second-order valence-corrected chi connectivity index (χ2v) is 12.4. The molecule has 4 heteroatoms. The van der Waals surface area contributed by atoms with Crippen LogP contribution in [-0.2, 0) is 14.3 Å². The molecule has 0 amide bonds. The number of fused-ring (bicyclic) bond motifs is 3. The molecule has 180 valence electrons. The molecule has 4 nitrogen and oxygen atoms in total. The highest BCUT2D eigenvalue weighted by molar-refractivity contribution is 5.69. The van der Waals surface area contributed by atoms with Gasteiger partial charge in [-0.15, -0.1) is 0 Å². The van der Waals surface area contributed by atoms with E-state index in [2.05, 4.69) is 41.5 Å². The summed E-state index contributed by atoms with van der Waals surface area (Å²) in [6, 6.07) is 0. The lowest BCUT2D eigenvalue weighted by Gasteiger charge is -2.60. The number of esters is 1. The maximum Gasteiger partial charge on any atom is 0.305 e. The van der Waals surface area contributed by atoms with Gasteiger partial charge in [0.15, 0.2) is 0 Å². The smallest absolute Gasteiger partial charge is 0.305 e. The summed E-state index contributed by atoms with van der Waals surface area (Å²) >= 11 is 0. The van der Waals surface area contributed by atoms with Gasteiger partial charge in [-0.2, -0.15) is 0 Å². The van der Waals surface area contributed by atoms with E-state index in [-0.39, 0.29) is 34.4 Å². The molecule has 0 radical (unpaired) electrons. The molecule has 0 bridgehead atoms. The molecule has 0 aromatic carbocycles. The van der Waals surface area contributed by atoms with Crippen LogP contribution in [0.1, 0.15) is 106 Å². The minimum Gasteiger partial charge on any atom is -0.469 e. The molecule has 0 aromatic rings. The molecular weight excluding hydrogens is 388 g/mol. The number of methoxy groups -OCH3 is 1. The zero-order chi connectivity index (χ0) is 23.0. The molecule has 3 aliphatic rings. The molecule has 0 saturated heterocycles. The van der Waals surface area contributed by atoms with E-state index in [0.717, 1.165) is 38.5 Å². The zero-order valence-corrected chi connectivity index (χ0v) is 21.2. The number of hydrogen-bond acceptors (Lipinski definition) is 4. The third-order valence-electron chi connectivity index (χ3n) is 9.48. The van der Waals surface area contributed by atoms with E-state index in [1.165, 1.54) is 26.4 Å². The number of ether oxygens (including phenoxy) is 2. The Hall–Kier alpha value is -0.610. The predicted octanol–water partition coefficient (Wildman–Crippen LogP) is 6.14. The van der Waals surface area contributed by atoms with Crippen molar-refractivity contribution in [3.63, 3.8) is 0 Å². The van der Waals surface area contributed by atoms with Crippen LogP contribution in [0.2, 0.25) is 0 Å². The van der Waals surface area contributed by atoms with Crippen LogP contribution in [0.15, 0.2) is 0 Å². The standard InChI is InChI=1S/C27H48O4/c1-8-9-10-21-22(28)17-18-19-11-12-23(31-25(2,3)4)27(19,6)15-13-20(18)26(21,5)16-14-24(29)30-7/h18-23,28H,8-17H2,1-7H3/t18-,19-,20-,21-,22+,23-,26+,27-/m0/s1. The lowest BCUT2D eigenvalue weighted by atomic mass is 9.45. The van der Waals surface area contributed by atoms with Gasteiger partial charge >= 0.3 is 5.97 Å². The van der Waals surface area contributed by atoms with Crippen LogP contribution in [0.4, 0.5) is 0 Å². The fourth-order valence-corrected chi connectivity index (χ4v) is 7.96. The van der Waals surface area contributed by atoms with Crippen LogP contribution in [0, 0.1) is 34.5 Å². The van der Waals surface area contributed by atoms with Crippen molar-refractivity contribution in [3.05, 3.63) is 0 Å². The van der Waals surface area contributed by atoms with Gasteiger partial charge in [-0.1, -0.05) is 33.6 Å². The van der Waals surface area contributed by atoms with E-state index in [4.69, 9.17) is 9.47 Å². The number of aliphatic hydroxyl groups is 1. The number of carbonyl (C=O) groups is 1. The van der Waals surface area contributed by atoms with E-state index in [1.807, 2.05) is 0 Å². The molecular formula is C27H48O4. The summed E-state index contributed by atoms with van der Waals surface area (Å²) < 4.78 is 11.6. The highest BCUT2D eigenvalue weighted by atomic mass is 16.5. The molecule has 0 aliphatic heterocycles. The topological polar surface area (TPSA) is 55.8 Å². The van der Waals surface area contributed by atoms with Gasteiger partial charge in [0, 0.05) is 6.42 Å². The van der Waals surface area contributed by atoms with Gasteiger partial charge in [0.1, 0.15) is 0 Å². The van der Waals surface area contributed by atoms with Crippen molar-refractivity contribution in [2.24, 2.45) is 34.5 Å². The lowest BCUT2D eigenvalue weighted by Crippen LogP contribution is -2.57. The second kappa shape index (κ2) is 9.33. The molecule has 1 N–H and O–H groups in total. The maximum atomic E-state index is 12.1. The number of rotatable bonds is 7. The number of unbranched alkanes of at least 4 members (excludes halogenated alkanes) is 1. The molecule has 3 saturated carbocycles. The Labute approximate surface area is 190 Å². The number of aliphatic hydroxyl groups excluding tert-OH is 1. The SMILES string of the molecule is CCCC[C@H]1[C@H](O)C[C@@H]2[C@H](CC[C@]3(C)[C@@H](OC(C)(C)C)CC[C@@H]23)[C@@]1(C)CCC(=O)OC. The summed E-state index contributed by atoms with van der Waals surface area (Å²) in [4.78, 5) is 12.1. The molecule has 0 spiro atoms. The van der Waals surface area contributed by atoms with Crippen molar-refractivity contribution >= 4 is 5.97 Å². The Morgan fingerprint density at radius 3 is 2.45 bits per heavy atom. The average Bonchev–Trinajstić information content (AvgIpc) is 3.01. The van der Waals surface area contributed by atoms with Gasteiger partial charge in [-0.25, -0.2) is 0 Å². The van der Waals surface area contributed by atoms with Crippen LogP contribution in [0.5, 0.6) is 0 Å². The number of carbonyl (C=O) groups excluding carboxylic acids is 1. The van der Waals surface area contributed by atoms with E-state index >= 15 is 0 Å². The Bertz CT molecular complexity index is 625. The third-order valence-corrected chi connectivity index (χ3v) is 9.48. The van der Waals surface area contributed by atoms with Crippen molar-refractivity contribution in [3.8, 4) is 0 Å². The van der Waals surface area contributed by atoms with Crippen LogP contribution in [0.25, 0.3) is 0 Å². The monoisotopic (exact) mass is 436 g/mol. The first-order valence-corrected chi connectivity index (χ1v) is 12.9. The van der Waals surface area contributed by atoms with Crippen LogP contribution in [0.3, 0.4) is 0 Å². The first-order valence-electron chi connectivity index (χ1n) is 12.9. The first-order chi connectivity index (χ1) is 14.5. The van der Waals surface area contributed by atoms with Crippen molar-refractivity contribution < 1.29 is 19.4 Å². The summed E-state index contributed by atoms with van der Waals surface area (Å²) in [5, 5.41) is 11.4. The average molecular weight is 437 g/mol. The largest absolute Gasteiger partial charge is 0.469 e. The Kier molecular flexibility index (Phi) is 7.53. The quantitative estimate of drug-likeness (QED) is 0.487. The Morgan fingerprint density at radius 1 is 1.13 bits per heavy atom. The Balaban J connectivity index is 1.87. The van der Waals surface area contributed by atoms with Gasteiger partial charge < -0.3 is 14.6 Å². The predicted molar refractivity (Wildman–Crippen MR) is 125 cm³/mol. The maximum absolute atomic E-state index is 12.1. The summed E-state index contributed by atoms with van der Waals surface area (Å²) in [5.41, 5.74) is 0.0788. The highest BCUT2D eigenvalue weighted by Gasteiger charge is 2.61. The Morgan fingerprint density at radius 2 is 1.84 bits per heavy atom. The van der Waals surface area contributed by atoms with Gasteiger partial charge in [0.2, 0.25) is 0 Å². The fourth-order valence-electron chi connectivity index (χ4n) is 7.96. The third kappa shape index (κ3) is 4.86. The van der Waals surface area contributed by atoms with E-state index < -0.39 is 0 Å². The number of hydrogen-bond donors (Lipinski definition) is 1.